The van der Waals surface area contributed by atoms with Crippen molar-refractivity contribution >= 4 is 27.5 Å². The third-order valence-electron chi connectivity index (χ3n) is 1.72. The number of aromatic nitrogens is 3. The molecule has 2 heterocycles. The Morgan fingerprint density at radius 3 is 3.21 bits per heavy atom. The van der Waals surface area contributed by atoms with Crippen molar-refractivity contribution in [2.45, 2.75) is 6.92 Å². The van der Waals surface area contributed by atoms with Crippen LogP contribution in [0.5, 0.6) is 0 Å². The van der Waals surface area contributed by atoms with E-state index in [0.717, 1.165) is 21.2 Å². The normalized spacial score (nSPS) is 10.4. The number of thiazole rings is 1. The van der Waals surface area contributed by atoms with Gasteiger partial charge < -0.3 is 5.32 Å². The molecule has 0 saturated heterocycles. The fourth-order valence-electron chi connectivity index (χ4n) is 1.16. The predicted molar refractivity (Wildman–Crippen MR) is 58.6 cm³/mol. The molecule has 0 radical (unpaired) electrons. The number of nitrogens with zero attached hydrogens (tertiary/aromatic N) is 3. The Morgan fingerprint density at radius 2 is 2.43 bits per heavy atom. The lowest BCUT2D eigenvalue weighted by molar-refractivity contribution is 1.17. The minimum absolute atomic E-state index is 0.683. The van der Waals surface area contributed by atoms with Crippen molar-refractivity contribution in [1.82, 2.24) is 15.0 Å². The first kappa shape index (κ1) is 9.08. The van der Waals surface area contributed by atoms with Gasteiger partial charge in [0.15, 0.2) is 5.82 Å². The first-order valence-corrected chi connectivity index (χ1v) is 5.06. The van der Waals surface area contributed by atoms with Crippen molar-refractivity contribution in [1.29, 1.82) is 0 Å². The van der Waals surface area contributed by atoms with Crippen molar-refractivity contribution in [2.24, 2.45) is 0 Å². The Labute approximate surface area is 85.7 Å². The highest BCUT2D eigenvalue weighted by Crippen LogP contribution is 2.23. The average molecular weight is 206 g/mol. The van der Waals surface area contributed by atoms with Gasteiger partial charge in [0.25, 0.3) is 0 Å². The lowest BCUT2D eigenvalue weighted by Gasteiger charge is -2.00. The molecule has 2 aromatic rings. The van der Waals surface area contributed by atoms with Crippen LogP contribution in [0.25, 0.3) is 10.3 Å². The largest absolute Gasteiger partial charge is 0.365 e. The highest BCUT2D eigenvalue weighted by atomic mass is 32.1. The van der Waals surface area contributed by atoms with Crippen LogP contribution in [-0.4, -0.2) is 21.5 Å². The number of hydrogen-bond donors (Lipinski definition) is 1. The topological polar surface area (TPSA) is 50.7 Å². The van der Waals surface area contributed by atoms with Crippen LogP contribution in [0.2, 0.25) is 0 Å². The summed E-state index contributed by atoms with van der Waals surface area (Å²) in [5.41, 5.74) is 0.844. The second-order valence-corrected chi connectivity index (χ2v) is 3.96. The van der Waals surface area contributed by atoms with Crippen LogP contribution in [0, 0.1) is 6.92 Å². The van der Waals surface area contributed by atoms with Crippen molar-refractivity contribution in [3.63, 3.8) is 0 Å². The molecule has 0 saturated carbocycles. The van der Waals surface area contributed by atoms with Gasteiger partial charge in [-0.3, -0.25) is 0 Å². The Balaban J connectivity index is 2.47. The quantitative estimate of drug-likeness (QED) is 0.780. The Bertz CT molecular complexity index is 463. The molecule has 2 aromatic heterocycles. The van der Waals surface area contributed by atoms with E-state index in [-0.39, 0.29) is 0 Å². The van der Waals surface area contributed by atoms with Gasteiger partial charge in [-0.05, 0) is 6.92 Å². The van der Waals surface area contributed by atoms with E-state index in [1.807, 2.05) is 6.92 Å². The summed E-state index contributed by atoms with van der Waals surface area (Å²) in [5, 5.41) is 4.13. The van der Waals surface area contributed by atoms with Crippen molar-refractivity contribution < 1.29 is 0 Å². The van der Waals surface area contributed by atoms with E-state index in [1.54, 1.807) is 23.7 Å². The van der Waals surface area contributed by atoms with Gasteiger partial charge in [-0.25, -0.2) is 15.0 Å². The third-order valence-corrected chi connectivity index (χ3v) is 2.59. The molecule has 72 valence electrons. The van der Waals surface area contributed by atoms with Crippen molar-refractivity contribution in [2.75, 3.05) is 11.9 Å². The van der Waals surface area contributed by atoms with Crippen LogP contribution >= 0.6 is 11.3 Å². The van der Waals surface area contributed by atoms with Crippen LogP contribution < -0.4 is 5.32 Å². The van der Waals surface area contributed by atoms with Crippen LogP contribution in [0.3, 0.4) is 0 Å². The maximum atomic E-state index is 4.36. The molecule has 0 atom stereocenters. The zero-order valence-electron chi connectivity index (χ0n) is 7.82. The van der Waals surface area contributed by atoms with Crippen LogP contribution in [-0.2, 0) is 0 Å². The van der Waals surface area contributed by atoms with Gasteiger partial charge in [0.2, 0.25) is 0 Å². The summed E-state index contributed by atoms with van der Waals surface area (Å²) in [5.74, 6) is 0.777. The number of rotatable bonds is 3. The Morgan fingerprint density at radius 1 is 1.57 bits per heavy atom. The standard InChI is InChI=1S/C9H10N4S/c1-3-4-10-8-7-9(12-5-11-8)14-6(2)13-7/h3,5H,1,4H2,2H3,(H,10,11,12). The van der Waals surface area contributed by atoms with Crippen LogP contribution in [0.15, 0.2) is 19.0 Å². The molecule has 4 nitrogen and oxygen atoms in total. The number of aryl methyl sites for hydroxylation is 1. The van der Waals surface area contributed by atoms with Gasteiger partial charge in [0.1, 0.15) is 16.7 Å². The Kier molecular flexibility index (Phi) is 2.41. The SMILES string of the molecule is C=CCNc1ncnc2sc(C)nc12. The molecule has 0 fully saturated rings. The molecule has 1 N–H and O–H groups in total. The second kappa shape index (κ2) is 3.71. The lowest BCUT2D eigenvalue weighted by Crippen LogP contribution is -2.01. The average Bonchev–Trinajstić information content (AvgIpc) is 2.55. The van der Waals surface area contributed by atoms with Gasteiger partial charge >= 0.3 is 0 Å². The maximum Gasteiger partial charge on any atom is 0.157 e. The molecule has 0 aromatic carbocycles. The predicted octanol–water partition coefficient (Wildman–Crippen LogP) is 1.99. The molecular formula is C9H10N4S. The number of nitrogens with one attached hydrogen (secondary N) is 1. The molecule has 0 bridgehead atoms. The van der Waals surface area contributed by atoms with Gasteiger partial charge in [0, 0.05) is 6.54 Å². The summed E-state index contributed by atoms with van der Waals surface area (Å²) in [6.45, 7) is 6.28. The highest BCUT2D eigenvalue weighted by Gasteiger charge is 2.06. The summed E-state index contributed by atoms with van der Waals surface area (Å²) >= 11 is 1.57. The van der Waals surface area contributed by atoms with Gasteiger partial charge in [-0.15, -0.1) is 6.58 Å². The first-order chi connectivity index (χ1) is 6.81. The zero-order valence-corrected chi connectivity index (χ0v) is 8.64. The van der Waals surface area contributed by atoms with E-state index in [0.29, 0.717) is 6.54 Å². The highest BCUT2D eigenvalue weighted by molar-refractivity contribution is 7.18. The van der Waals surface area contributed by atoms with Gasteiger partial charge in [-0.2, -0.15) is 0 Å². The summed E-state index contributed by atoms with van der Waals surface area (Å²) in [6.07, 6.45) is 3.33. The monoisotopic (exact) mass is 206 g/mol. The molecule has 2 rings (SSSR count). The molecule has 0 amide bonds. The van der Waals surface area contributed by atoms with E-state index in [4.69, 9.17) is 0 Å². The smallest absolute Gasteiger partial charge is 0.157 e. The maximum absolute atomic E-state index is 4.36. The second-order valence-electron chi connectivity index (χ2n) is 2.78. The summed E-state index contributed by atoms with van der Waals surface area (Å²) in [4.78, 5) is 13.6. The van der Waals surface area contributed by atoms with E-state index >= 15 is 0 Å². The first-order valence-electron chi connectivity index (χ1n) is 4.24. The van der Waals surface area contributed by atoms with Crippen molar-refractivity contribution in [3.8, 4) is 0 Å². The summed E-state index contributed by atoms with van der Waals surface area (Å²) in [6, 6.07) is 0. The fourth-order valence-corrected chi connectivity index (χ4v) is 1.91. The fraction of sp³-hybridized carbons (Fsp3) is 0.222. The van der Waals surface area contributed by atoms with Crippen LogP contribution in [0.1, 0.15) is 5.01 Å². The van der Waals surface area contributed by atoms with Gasteiger partial charge in [0.05, 0.1) is 5.01 Å². The lowest BCUT2D eigenvalue weighted by atomic mass is 10.5. The molecule has 0 aliphatic carbocycles. The molecule has 0 unspecified atom stereocenters. The molecule has 0 aliphatic heterocycles. The van der Waals surface area contributed by atoms with E-state index < -0.39 is 0 Å². The molecule has 14 heavy (non-hydrogen) atoms. The summed E-state index contributed by atoms with van der Waals surface area (Å²) in [7, 11) is 0. The zero-order chi connectivity index (χ0) is 9.97. The molecule has 5 heteroatoms. The number of fused-ring (bicyclic) bond motifs is 1. The minimum atomic E-state index is 0.683. The molecule has 0 aliphatic rings. The third kappa shape index (κ3) is 1.58. The summed E-state index contributed by atoms with van der Waals surface area (Å²) < 4.78 is 0. The van der Waals surface area contributed by atoms with Gasteiger partial charge in [-0.1, -0.05) is 17.4 Å². The number of hydrogen-bond acceptors (Lipinski definition) is 5. The minimum Gasteiger partial charge on any atom is -0.365 e. The van der Waals surface area contributed by atoms with E-state index in [1.165, 1.54) is 0 Å². The molecular weight excluding hydrogens is 196 g/mol. The van der Waals surface area contributed by atoms with Crippen LogP contribution in [0.4, 0.5) is 5.82 Å². The molecule has 0 spiro atoms. The van der Waals surface area contributed by atoms with E-state index in [9.17, 15) is 0 Å². The number of anilines is 1. The van der Waals surface area contributed by atoms with Crippen molar-refractivity contribution in [3.05, 3.63) is 24.0 Å². The Hall–Kier alpha value is -1.49. The van der Waals surface area contributed by atoms with E-state index in [2.05, 4.69) is 26.8 Å².